The van der Waals surface area contributed by atoms with Crippen molar-refractivity contribution >= 4 is 46.3 Å². The van der Waals surface area contributed by atoms with E-state index in [9.17, 15) is 9.59 Å². The fourth-order valence-electron chi connectivity index (χ4n) is 4.09. The van der Waals surface area contributed by atoms with E-state index >= 15 is 0 Å². The zero-order valence-corrected chi connectivity index (χ0v) is 23.5. The summed E-state index contributed by atoms with van der Waals surface area (Å²) in [4.78, 5) is 29.6. The Hall–Kier alpha value is -3.88. The van der Waals surface area contributed by atoms with Gasteiger partial charge in [0.25, 0.3) is 5.56 Å². The number of para-hydroxylation sites is 1. The second-order valence-corrected chi connectivity index (χ2v) is 10.1. The minimum atomic E-state index is -1.15. The van der Waals surface area contributed by atoms with Crippen LogP contribution in [0.5, 0.6) is 11.5 Å². The van der Waals surface area contributed by atoms with Crippen LogP contribution in [0.15, 0.2) is 58.4 Å². The van der Waals surface area contributed by atoms with Crippen molar-refractivity contribution in [3.63, 3.8) is 0 Å². The molecule has 3 aromatic carbocycles. The van der Waals surface area contributed by atoms with E-state index in [2.05, 4.69) is 18.9 Å². The number of fused-ring (bicyclic) bond motifs is 1. The van der Waals surface area contributed by atoms with Crippen LogP contribution in [-0.2, 0) is 4.79 Å². The van der Waals surface area contributed by atoms with Crippen LogP contribution in [0.25, 0.3) is 22.3 Å². The quantitative estimate of drug-likeness (QED) is 0.242. The lowest BCUT2D eigenvalue weighted by molar-refractivity contribution is -0.144. The van der Waals surface area contributed by atoms with E-state index in [-0.39, 0.29) is 27.3 Å². The lowest BCUT2D eigenvalue weighted by Crippen LogP contribution is -2.23. The third-order valence-corrected chi connectivity index (χ3v) is 6.74. The van der Waals surface area contributed by atoms with E-state index in [0.717, 1.165) is 22.4 Å². The standard InChI is InChI=1S/C29H27Cl2N3O5/c1-15(2)20-13-21(16(3)10-25(20)38-5)27-33-24-9-7-6-8-19(24)28(35)34(27)32-14-18-11-22(30)26(23(31)12-18)39-17(4)29(36)37/h6-15,17H,1-5H3,(H,36,37)/t17-/m0/s1. The first kappa shape index (κ1) is 28.1. The number of benzene rings is 3. The minimum Gasteiger partial charge on any atom is -0.496 e. The molecule has 1 aromatic heterocycles. The Labute approximate surface area is 235 Å². The van der Waals surface area contributed by atoms with Crippen molar-refractivity contribution in [3.05, 3.63) is 85.6 Å². The summed E-state index contributed by atoms with van der Waals surface area (Å²) in [6, 6.07) is 14.0. The van der Waals surface area contributed by atoms with Crippen molar-refractivity contribution in [1.82, 2.24) is 9.66 Å². The smallest absolute Gasteiger partial charge is 0.344 e. The van der Waals surface area contributed by atoms with Gasteiger partial charge in [-0.3, -0.25) is 4.79 Å². The van der Waals surface area contributed by atoms with Crippen LogP contribution in [0.1, 0.15) is 43.4 Å². The van der Waals surface area contributed by atoms with Gasteiger partial charge in [0.15, 0.2) is 17.7 Å². The molecule has 0 amide bonds. The molecule has 1 heterocycles. The molecule has 0 bridgehead atoms. The SMILES string of the molecule is COc1cc(C)c(-c2nc3ccccc3c(=O)n2N=Cc2cc(Cl)c(O[C@@H](C)C(=O)O)c(Cl)c2)cc1C(C)C. The summed E-state index contributed by atoms with van der Waals surface area (Å²) in [5.41, 5.74) is 3.25. The van der Waals surface area contributed by atoms with Gasteiger partial charge < -0.3 is 14.6 Å². The summed E-state index contributed by atoms with van der Waals surface area (Å²) < 4.78 is 12.2. The van der Waals surface area contributed by atoms with Gasteiger partial charge in [-0.1, -0.05) is 49.2 Å². The summed E-state index contributed by atoms with van der Waals surface area (Å²) >= 11 is 12.7. The first-order chi connectivity index (χ1) is 18.5. The Kier molecular flexibility index (Phi) is 8.28. The monoisotopic (exact) mass is 567 g/mol. The molecule has 0 saturated carbocycles. The zero-order valence-electron chi connectivity index (χ0n) is 22.0. The van der Waals surface area contributed by atoms with Gasteiger partial charge in [-0.05, 0) is 72.9 Å². The Bertz CT molecular complexity index is 1640. The molecule has 0 saturated heterocycles. The van der Waals surface area contributed by atoms with E-state index in [1.54, 1.807) is 25.3 Å². The van der Waals surface area contributed by atoms with Crippen LogP contribution in [0.3, 0.4) is 0 Å². The van der Waals surface area contributed by atoms with Crippen molar-refractivity contribution in [3.8, 4) is 22.9 Å². The summed E-state index contributed by atoms with van der Waals surface area (Å²) in [7, 11) is 1.63. The van der Waals surface area contributed by atoms with E-state index in [0.29, 0.717) is 22.3 Å². The molecule has 0 aliphatic heterocycles. The highest BCUT2D eigenvalue weighted by Crippen LogP contribution is 2.36. The van der Waals surface area contributed by atoms with E-state index < -0.39 is 12.1 Å². The van der Waals surface area contributed by atoms with Gasteiger partial charge in [-0.15, -0.1) is 0 Å². The van der Waals surface area contributed by atoms with Gasteiger partial charge in [0.1, 0.15) is 5.75 Å². The van der Waals surface area contributed by atoms with Gasteiger partial charge >= 0.3 is 5.97 Å². The predicted octanol–water partition coefficient (Wildman–Crippen LogP) is 6.54. The first-order valence-electron chi connectivity index (χ1n) is 12.1. The van der Waals surface area contributed by atoms with Gasteiger partial charge in [-0.25, -0.2) is 9.78 Å². The number of aromatic nitrogens is 2. The molecular formula is C29H27Cl2N3O5. The highest BCUT2D eigenvalue weighted by molar-refractivity contribution is 6.37. The molecular weight excluding hydrogens is 541 g/mol. The fourth-order valence-corrected chi connectivity index (χ4v) is 4.68. The average molecular weight is 568 g/mol. The summed E-state index contributed by atoms with van der Waals surface area (Å²) in [6.45, 7) is 7.42. The van der Waals surface area contributed by atoms with Crippen LogP contribution in [0.4, 0.5) is 0 Å². The zero-order chi connectivity index (χ0) is 28.4. The lowest BCUT2D eigenvalue weighted by atomic mass is 9.96. The number of carboxylic acid groups (broad SMARTS) is 1. The molecule has 0 aliphatic rings. The van der Waals surface area contributed by atoms with E-state index in [1.165, 1.54) is 29.9 Å². The van der Waals surface area contributed by atoms with Crippen molar-refractivity contribution in [2.45, 2.75) is 39.7 Å². The highest BCUT2D eigenvalue weighted by atomic mass is 35.5. The number of nitrogens with zero attached hydrogens (tertiary/aromatic N) is 3. The predicted molar refractivity (Wildman–Crippen MR) is 154 cm³/mol. The maximum Gasteiger partial charge on any atom is 0.344 e. The number of carboxylic acids is 1. The van der Waals surface area contributed by atoms with Gasteiger partial charge in [0.2, 0.25) is 0 Å². The number of aryl methyl sites for hydroxylation is 1. The number of halogens is 2. The maximum atomic E-state index is 13.6. The second kappa shape index (κ2) is 11.5. The second-order valence-electron chi connectivity index (χ2n) is 9.29. The van der Waals surface area contributed by atoms with Gasteiger partial charge in [0, 0.05) is 5.56 Å². The molecule has 0 unspecified atom stereocenters. The average Bonchev–Trinajstić information content (AvgIpc) is 2.89. The number of methoxy groups -OCH3 is 1. The van der Waals surface area contributed by atoms with Crippen LogP contribution in [-0.4, -0.2) is 40.2 Å². The van der Waals surface area contributed by atoms with E-state index in [1.807, 2.05) is 25.1 Å². The van der Waals surface area contributed by atoms with Crippen molar-refractivity contribution < 1.29 is 19.4 Å². The molecule has 0 fully saturated rings. The van der Waals surface area contributed by atoms with Crippen molar-refractivity contribution in [1.29, 1.82) is 0 Å². The molecule has 4 rings (SSSR count). The summed E-state index contributed by atoms with van der Waals surface area (Å²) in [6.07, 6.45) is 0.291. The van der Waals surface area contributed by atoms with Crippen molar-refractivity contribution in [2.24, 2.45) is 5.10 Å². The van der Waals surface area contributed by atoms with Crippen LogP contribution in [0, 0.1) is 6.92 Å². The number of aliphatic carboxylic acids is 1. The fraction of sp³-hybridized carbons (Fsp3) is 0.241. The van der Waals surface area contributed by atoms with Gasteiger partial charge in [0.05, 0.1) is 34.3 Å². The van der Waals surface area contributed by atoms with E-state index in [4.69, 9.17) is 42.8 Å². The summed E-state index contributed by atoms with van der Waals surface area (Å²) in [5.74, 6) is 0.179. The minimum absolute atomic E-state index is 0.0469. The van der Waals surface area contributed by atoms with Crippen molar-refractivity contribution in [2.75, 3.05) is 7.11 Å². The molecule has 8 nitrogen and oxygen atoms in total. The molecule has 1 N–H and O–H groups in total. The molecule has 4 aromatic rings. The third kappa shape index (κ3) is 5.77. The number of ether oxygens (including phenoxy) is 2. The number of rotatable bonds is 8. The first-order valence-corrected chi connectivity index (χ1v) is 12.9. The largest absolute Gasteiger partial charge is 0.496 e. The molecule has 39 heavy (non-hydrogen) atoms. The molecule has 10 heteroatoms. The van der Waals surface area contributed by atoms with Crippen LogP contribution in [0.2, 0.25) is 10.0 Å². The number of carbonyl (C=O) groups is 1. The highest BCUT2D eigenvalue weighted by Gasteiger charge is 2.20. The molecule has 0 radical (unpaired) electrons. The summed E-state index contributed by atoms with van der Waals surface area (Å²) in [5, 5.41) is 14.2. The molecule has 202 valence electrons. The Morgan fingerprint density at radius 3 is 2.38 bits per heavy atom. The van der Waals surface area contributed by atoms with Gasteiger partial charge in [-0.2, -0.15) is 9.78 Å². The maximum absolute atomic E-state index is 13.6. The Morgan fingerprint density at radius 2 is 1.77 bits per heavy atom. The third-order valence-electron chi connectivity index (χ3n) is 6.18. The topological polar surface area (TPSA) is 103 Å². The molecule has 0 spiro atoms. The Balaban J connectivity index is 1.88. The normalized spacial score (nSPS) is 12.3. The number of hydrogen-bond acceptors (Lipinski definition) is 6. The lowest BCUT2D eigenvalue weighted by Gasteiger charge is -2.17. The van der Waals surface area contributed by atoms with Crippen LogP contribution >= 0.6 is 23.2 Å². The molecule has 1 atom stereocenters. The molecule has 0 aliphatic carbocycles. The number of hydrogen-bond donors (Lipinski definition) is 1. The van der Waals surface area contributed by atoms with Crippen LogP contribution < -0.4 is 15.0 Å². The Morgan fingerprint density at radius 1 is 1.10 bits per heavy atom.